The van der Waals surface area contributed by atoms with E-state index in [2.05, 4.69) is 15.1 Å². The molecule has 2 heterocycles. The Kier molecular flexibility index (Phi) is 10.1. The summed E-state index contributed by atoms with van der Waals surface area (Å²) >= 11 is 0. The molecule has 2 aromatic rings. The van der Waals surface area contributed by atoms with Gasteiger partial charge in [0.1, 0.15) is 29.0 Å². The number of methoxy groups -OCH3 is 1. The summed E-state index contributed by atoms with van der Waals surface area (Å²) in [6, 6.07) is 5.47. The molecule has 1 fully saturated rings. The maximum Gasteiger partial charge on any atom is 0.459 e. The monoisotopic (exact) mass is 596 g/mol. The van der Waals surface area contributed by atoms with Crippen molar-refractivity contribution in [2.24, 2.45) is 5.11 Å². The van der Waals surface area contributed by atoms with Crippen LogP contribution in [-0.2, 0) is 28.1 Å². The second kappa shape index (κ2) is 13.1. The van der Waals surface area contributed by atoms with Crippen molar-refractivity contribution in [2.75, 3.05) is 20.3 Å². The number of hydrogen-bond acceptors (Lipinski definition) is 12. The Bertz CT molecular complexity index is 1490. The maximum atomic E-state index is 13.9. The topological polar surface area (TPSA) is 233 Å². The number of hydrogen-bond donors (Lipinski definition) is 3. The van der Waals surface area contributed by atoms with Gasteiger partial charge in [0.05, 0.1) is 26.4 Å². The molecule has 222 valence electrons. The van der Waals surface area contributed by atoms with Crippen LogP contribution in [0.25, 0.3) is 10.4 Å². The molecule has 0 aliphatic carbocycles. The van der Waals surface area contributed by atoms with Gasteiger partial charge < -0.3 is 23.8 Å². The van der Waals surface area contributed by atoms with Crippen molar-refractivity contribution >= 4 is 19.7 Å². The van der Waals surface area contributed by atoms with E-state index in [9.17, 15) is 28.8 Å². The molecular weight excluding hydrogens is 567 g/mol. The highest BCUT2D eigenvalue weighted by Crippen LogP contribution is 2.48. The molecule has 3 N–H and O–H groups in total. The number of aliphatic hydroxyl groups is 1. The van der Waals surface area contributed by atoms with Gasteiger partial charge in [0, 0.05) is 17.2 Å². The number of carbonyl (C=O) groups excluding carboxylic acids is 2. The summed E-state index contributed by atoms with van der Waals surface area (Å²) < 4.78 is 41.4. The van der Waals surface area contributed by atoms with Gasteiger partial charge in [0.25, 0.3) is 5.56 Å². The summed E-state index contributed by atoms with van der Waals surface area (Å²) in [5.74, 6) is -1.80. The third-order valence-corrected chi connectivity index (χ3v) is 7.66. The molecule has 1 saturated heterocycles. The van der Waals surface area contributed by atoms with Gasteiger partial charge >= 0.3 is 25.4 Å². The van der Waals surface area contributed by atoms with Crippen LogP contribution in [-0.4, -0.2) is 70.7 Å². The fourth-order valence-corrected chi connectivity index (χ4v) is 5.49. The lowest BCUT2D eigenvalue weighted by Gasteiger charge is -2.28. The number of aliphatic hydroxyl groups excluding tert-OH is 1. The van der Waals surface area contributed by atoms with E-state index in [-0.39, 0.29) is 17.9 Å². The Morgan fingerprint density at radius 3 is 2.68 bits per heavy atom. The standard InChI is InChI=1S/C23H29N6O11P/c1-5-37-19(32)13(2)26-41(35,40-15-9-7-6-8-14(15)20(33)36-4)38-12-16-18(31)23(3,27-28-24)21(39-16)29-11-10-17(30)25-22(29)34/h6-11,13,16,18,21,31H,5,12H2,1-4H3,(H,26,35)(H,25,30,34)/t13-,16+,18+,21-,23+,41?/m0/s1. The Morgan fingerprint density at radius 2 is 2.05 bits per heavy atom. The molecule has 0 spiro atoms. The Labute approximate surface area is 232 Å². The summed E-state index contributed by atoms with van der Waals surface area (Å²) in [5.41, 5.74) is 5.65. The van der Waals surface area contributed by atoms with E-state index >= 15 is 0 Å². The third kappa shape index (κ3) is 7.03. The number of carbonyl (C=O) groups is 2. The number of nitrogens with one attached hydrogen (secondary N) is 2. The first kappa shape index (κ1) is 31.5. The fourth-order valence-electron chi connectivity index (χ4n) is 3.97. The molecule has 18 heteroatoms. The molecule has 6 atom stereocenters. The van der Waals surface area contributed by atoms with E-state index in [1.54, 1.807) is 6.92 Å². The van der Waals surface area contributed by atoms with Crippen LogP contribution in [0.3, 0.4) is 0 Å². The minimum absolute atomic E-state index is 0.0354. The van der Waals surface area contributed by atoms with Crippen LogP contribution in [0.1, 0.15) is 37.4 Å². The van der Waals surface area contributed by atoms with E-state index in [1.807, 2.05) is 4.98 Å². The zero-order chi connectivity index (χ0) is 30.4. The minimum atomic E-state index is -4.57. The van der Waals surface area contributed by atoms with Gasteiger partial charge in [-0.05, 0) is 38.4 Å². The van der Waals surface area contributed by atoms with Crippen LogP contribution in [0.2, 0.25) is 0 Å². The van der Waals surface area contributed by atoms with E-state index in [4.69, 9.17) is 28.8 Å². The van der Waals surface area contributed by atoms with Gasteiger partial charge in [-0.3, -0.25) is 23.7 Å². The van der Waals surface area contributed by atoms with E-state index in [1.165, 1.54) is 38.1 Å². The predicted octanol–water partition coefficient (Wildman–Crippen LogP) is 1.40. The number of esters is 2. The number of aromatic amines is 1. The number of nitrogens with zero attached hydrogens (tertiary/aromatic N) is 4. The highest BCUT2D eigenvalue weighted by atomic mass is 31.2. The van der Waals surface area contributed by atoms with Gasteiger partial charge in [-0.1, -0.05) is 17.2 Å². The van der Waals surface area contributed by atoms with E-state index < -0.39 is 67.6 Å². The first-order valence-electron chi connectivity index (χ1n) is 12.2. The summed E-state index contributed by atoms with van der Waals surface area (Å²) in [5, 5.41) is 17.1. The highest BCUT2D eigenvalue weighted by molar-refractivity contribution is 7.52. The summed E-state index contributed by atoms with van der Waals surface area (Å²) in [7, 11) is -3.43. The second-order valence-corrected chi connectivity index (χ2v) is 10.6. The normalized spacial score (nSPS) is 24.0. The number of ether oxygens (including phenoxy) is 3. The number of aromatic nitrogens is 2. The number of H-pyrrole nitrogens is 1. The smallest absolute Gasteiger partial charge is 0.459 e. The van der Waals surface area contributed by atoms with Crippen molar-refractivity contribution < 1.29 is 42.5 Å². The lowest BCUT2D eigenvalue weighted by molar-refractivity contribution is -0.144. The Hall–Kier alpha value is -3.98. The van der Waals surface area contributed by atoms with Crippen LogP contribution in [0, 0.1) is 0 Å². The molecule has 3 rings (SSSR count). The third-order valence-electron chi connectivity index (χ3n) is 6.03. The van der Waals surface area contributed by atoms with Crippen LogP contribution in [0.4, 0.5) is 0 Å². The van der Waals surface area contributed by atoms with Gasteiger partial charge in [-0.2, -0.15) is 5.09 Å². The number of benzene rings is 1. The van der Waals surface area contributed by atoms with Gasteiger partial charge in [-0.25, -0.2) is 14.2 Å². The highest BCUT2D eigenvalue weighted by Gasteiger charge is 2.55. The average molecular weight is 596 g/mol. The molecule has 41 heavy (non-hydrogen) atoms. The number of para-hydroxylation sites is 1. The fraction of sp³-hybridized carbons (Fsp3) is 0.478. The van der Waals surface area contributed by atoms with Crippen molar-refractivity contribution in [3.05, 3.63) is 73.4 Å². The van der Waals surface area contributed by atoms with Crippen LogP contribution in [0.15, 0.2) is 51.2 Å². The Balaban J connectivity index is 1.94. The molecule has 1 unspecified atom stereocenters. The first-order valence-corrected chi connectivity index (χ1v) is 13.7. The minimum Gasteiger partial charge on any atom is -0.465 e. The largest absolute Gasteiger partial charge is 0.465 e. The van der Waals surface area contributed by atoms with E-state index in [0.29, 0.717) is 0 Å². The summed E-state index contributed by atoms with van der Waals surface area (Å²) in [6.45, 7) is 3.57. The molecular formula is C23H29N6O11P. The molecule has 1 aliphatic rings. The van der Waals surface area contributed by atoms with Crippen LogP contribution < -0.4 is 20.9 Å². The predicted molar refractivity (Wildman–Crippen MR) is 140 cm³/mol. The van der Waals surface area contributed by atoms with Crippen molar-refractivity contribution in [3.8, 4) is 5.75 Å². The van der Waals surface area contributed by atoms with Crippen molar-refractivity contribution in [1.82, 2.24) is 14.6 Å². The van der Waals surface area contributed by atoms with Gasteiger partial charge in [-0.15, -0.1) is 0 Å². The molecule has 0 saturated carbocycles. The maximum absolute atomic E-state index is 13.9. The quantitative estimate of drug-likeness (QED) is 0.104. The molecule has 0 bridgehead atoms. The number of rotatable bonds is 12. The molecule has 1 aromatic carbocycles. The Morgan fingerprint density at radius 1 is 1.34 bits per heavy atom. The molecule has 1 aliphatic heterocycles. The molecule has 17 nitrogen and oxygen atoms in total. The molecule has 1 aromatic heterocycles. The zero-order valence-corrected chi connectivity index (χ0v) is 23.3. The van der Waals surface area contributed by atoms with Crippen molar-refractivity contribution in [1.29, 1.82) is 0 Å². The lowest BCUT2D eigenvalue weighted by Crippen LogP contribution is -2.45. The van der Waals surface area contributed by atoms with Crippen LogP contribution >= 0.6 is 7.75 Å². The molecule has 0 radical (unpaired) electrons. The van der Waals surface area contributed by atoms with Crippen molar-refractivity contribution in [2.45, 2.75) is 50.8 Å². The van der Waals surface area contributed by atoms with Gasteiger partial charge in [0.2, 0.25) is 0 Å². The van der Waals surface area contributed by atoms with Gasteiger partial charge in [0.15, 0.2) is 6.23 Å². The summed E-state index contributed by atoms with van der Waals surface area (Å²) in [6.07, 6.45) is -3.33. The number of azide groups is 1. The second-order valence-electron chi connectivity index (χ2n) is 8.88. The summed E-state index contributed by atoms with van der Waals surface area (Å²) in [4.78, 5) is 53.2. The zero-order valence-electron chi connectivity index (χ0n) is 22.5. The van der Waals surface area contributed by atoms with E-state index in [0.717, 1.165) is 23.9 Å². The lowest BCUT2D eigenvalue weighted by atomic mass is 9.93. The first-order chi connectivity index (χ1) is 19.4. The van der Waals surface area contributed by atoms with Crippen LogP contribution in [0.5, 0.6) is 5.75 Å². The molecule has 0 amide bonds. The van der Waals surface area contributed by atoms with Crippen molar-refractivity contribution in [3.63, 3.8) is 0 Å². The average Bonchev–Trinajstić information content (AvgIpc) is 3.17. The SMILES string of the molecule is CCOC(=O)[C@H](C)NP(=O)(OC[C@H]1O[C@H](n2ccc(=O)[nH]c2=O)[C@](C)(N=[N+]=[N-])[C@@H]1O)Oc1ccccc1C(=O)OC.